The monoisotopic (exact) mass is 431 g/mol. The van der Waals surface area contributed by atoms with Crippen LogP contribution in [0, 0.1) is 0 Å². The Kier molecular flexibility index (Phi) is 7.05. The van der Waals surface area contributed by atoms with Crippen molar-refractivity contribution in [3.05, 3.63) is 69.5 Å². The van der Waals surface area contributed by atoms with Gasteiger partial charge in [-0.1, -0.05) is 23.7 Å². The molecule has 0 atom stereocenters. The molecule has 0 saturated heterocycles. The number of esters is 1. The Morgan fingerprint density at radius 1 is 1.13 bits per heavy atom. The summed E-state index contributed by atoms with van der Waals surface area (Å²) in [4.78, 5) is 36.2. The molecule has 30 heavy (non-hydrogen) atoms. The lowest BCUT2D eigenvalue weighted by molar-refractivity contribution is -0.136. The van der Waals surface area contributed by atoms with Gasteiger partial charge in [-0.25, -0.2) is 9.59 Å². The first-order valence-corrected chi connectivity index (χ1v) is 9.29. The zero-order valence-corrected chi connectivity index (χ0v) is 16.7. The summed E-state index contributed by atoms with van der Waals surface area (Å²) in [7, 11) is 1.50. The minimum absolute atomic E-state index is 0.128. The Balaban J connectivity index is 1.68. The van der Waals surface area contributed by atoms with Crippen LogP contribution in [-0.4, -0.2) is 38.7 Å². The van der Waals surface area contributed by atoms with E-state index in [9.17, 15) is 14.4 Å². The van der Waals surface area contributed by atoms with E-state index in [1.54, 1.807) is 30.3 Å². The summed E-state index contributed by atoms with van der Waals surface area (Å²) in [6, 6.07) is 12.6. The first-order valence-electron chi connectivity index (χ1n) is 8.91. The van der Waals surface area contributed by atoms with Gasteiger partial charge in [-0.3, -0.25) is 4.79 Å². The maximum absolute atomic E-state index is 12.1. The predicted molar refractivity (Wildman–Crippen MR) is 109 cm³/mol. The van der Waals surface area contributed by atoms with E-state index in [1.807, 2.05) is 0 Å². The Morgan fingerprint density at radius 3 is 2.70 bits per heavy atom. The second-order valence-corrected chi connectivity index (χ2v) is 6.50. The first kappa shape index (κ1) is 21.4. The SMILES string of the molecule is COCCNC(=O)c1cc2ccc(OC(=O)COc3ccccc3Cl)cc2oc1=O. The normalized spacial score (nSPS) is 10.6. The van der Waals surface area contributed by atoms with E-state index in [-0.39, 0.29) is 30.0 Å². The molecule has 156 valence electrons. The highest BCUT2D eigenvalue weighted by molar-refractivity contribution is 6.32. The fourth-order valence-electron chi connectivity index (χ4n) is 2.53. The van der Waals surface area contributed by atoms with Crippen LogP contribution in [0.2, 0.25) is 5.02 Å². The summed E-state index contributed by atoms with van der Waals surface area (Å²) < 4.78 is 20.6. The number of amides is 1. The minimum atomic E-state index is -0.803. The van der Waals surface area contributed by atoms with Gasteiger partial charge in [0, 0.05) is 25.1 Å². The minimum Gasteiger partial charge on any atom is -0.480 e. The second kappa shape index (κ2) is 9.91. The van der Waals surface area contributed by atoms with Crippen molar-refractivity contribution in [3.63, 3.8) is 0 Å². The van der Waals surface area contributed by atoms with Gasteiger partial charge < -0.3 is 23.9 Å². The number of para-hydroxylation sites is 1. The molecule has 1 heterocycles. The molecular formula is C21H18ClNO7. The van der Waals surface area contributed by atoms with Gasteiger partial charge in [-0.2, -0.15) is 0 Å². The van der Waals surface area contributed by atoms with E-state index in [2.05, 4.69) is 5.32 Å². The van der Waals surface area contributed by atoms with Crippen LogP contribution in [0.4, 0.5) is 0 Å². The molecule has 9 heteroatoms. The molecule has 0 aliphatic heterocycles. The molecule has 1 N–H and O–H groups in total. The number of nitrogens with one attached hydrogen (secondary N) is 1. The van der Waals surface area contributed by atoms with E-state index in [0.717, 1.165) is 0 Å². The summed E-state index contributed by atoms with van der Waals surface area (Å²) in [6.45, 7) is 0.226. The van der Waals surface area contributed by atoms with Gasteiger partial charge in [0.05, 0.1) is 11.6 Å². The molecule has 0 radical (unpaired) electrons. The number of halogens is 1. The van der Waals surface area contributed by atoms with Crippen molar-refractivity contribution < 1.29 is 28.2 Å². The summed E-state index contributed by atoms with van der Waals surface area (Å²) in [6.07, 6.45) is 0. The summed E-state index contributed by atoms with van der Waals surface area (Å²) in [5.74, 6) is -0.701. The number of hydrogen-bond donors (Lipinski definition) is 1. The number of carbonyl (C=O) groups excluding carboxylic acids is 2. The quantitative estimate of drug-likeness (QED) is 0.253. The molecule has 0 fully saturated rings. The van der Waals surface area contributed by atoms with Crippen molar-refractivity contribution in [1.82, 2.24) is 5.32 Å². The van der Waals surface area contributed by atoms with Crippen LogP contribution in [0.1, 0.15) is 10.4 Å². The molecular weight excluding hydrogens is 414 g/mol. The highest BCUT2D eigenvalue weighted by Gasteiger charge is 2.15. The van der Waals surface area contributed by atoms with Crippen molar-refractivity contribution in [2.75, 3.05) is 26.9 Å². The van der Waals surface area contributed by atoms with E-state index in [0.29, 0.717) is 22.8 Å². The molecule has 2 aromatic carbocycles. The van der Waals surface area contributed by atoms with Crippen molar-refractivity contribution in [3.8, 4) is 11.5 Å². The summed E-state index contributed by atoms with van der Waals surface area (Å²) in [5, 5.41) is 3.43. The topological polar surface area (TPSA) is 104 Å². The fraction of sp³-hybridized carbons (Fsp3) is 0.190. The van der Waals surface area contributed by atoms with E-state index < -0.39 is 17.5 Å². The maximum Gasteiger partial charge on any atom is 0.349 e. The molecule has 0 unspecified atom stereocenters. The van der Waals surface area contributed by atoms with Crippen molar-refractivity contribution in [2.45, 2.75) is 0 Å². The Hall–Kier alpha value is -3.36. The Labute approximate surface area is 176 Å². The van der Waals surface area contributed by atoms with E-state index >= 15 is 0 Å². The van der Waals surface area contributed by atoms with E-state index in [4.69, 9.17) is 30.2 Å². The molecule has 8 nitrogen and oxygen atoms in total. The lowest BCUT2D eigenvalue weighted by atomic mass is 10.1. The number of ether oxygens (including phenoxy) is 3. The van der Waals surface area contributed by atoms with Crippen molar-refractivity contribution in [1.29, 1.82) is 0 Å². The standard InChI is InChI=1S/C21H18ClNO7/c1-27-9-8-23-20(25)15-10-13-6-7-14(11-18(13)30-21(15)26)29-19(24)12-28-17-5-3-2-4-16(17)22/h2-7,10-11H,8-9,12H2,1H3,(H,23,25). The third-order valence-electron chi connectivity index (χ3n) is 3.96. The van der Waals surface area contributed by atoms with Gasteiger partial charge in [0.1, 0.15) is 22.6 Å². The van der Waals surface area contributed by atoms with Gasteiger partial charge in [0.25, 0.3) is 5.91 Å². The van der Waals surface area contributed by atoms with Crippen LogP contribution in [0.5, 0.6) is 11.5 Å². The van der Waals surface area contributed by atoms with E-state index in [1.165, 1.54) is 25.3 Å². The summed E-state index contributed by atoms with van der Waals surface area (Å²) >= 11 is 5.96. The van der Waals surface area contributed by atoms with Crippen LogP contribution >= 0.6 is 11.6 Å². The van der Waals surface area contributed by atoms with Gasteiger partial charge in [-0.05, 0) is 30.3 Å². The van der Waals surface area contributed by atoms with Crippen LogP contribution in [0.3, 0.4) is 0 Å². The number of hydrogen-bond acceptors (Lipinski definition) is 7. The average Bonchev–Trinajstić information content (AvgIpc) is 2.72. The molecule has 3 aromatic rings. The smallest absolute Gasteiger partial charge is 0.349 e. The van der Waals surface area contributed by atoms with Gasteiger partial charge >= 0.3 is 11.6 Å². The maximum atomic E-state index is 12.1. The molecule has 0 spiro atoms. The van der Waals surface area contributed by atoms with Crippen molar-refractivity contribution in [2.24, 2.45) is 0 Å². The lowest BCUT2D eigenvalue weighted by Crippen LogP contribution is -2.30. The molecule has 0 aliphatic rings. The average molecular weight is 432 g/mol. The van der Waals surface area contributed by atoms with Gasteiger partial charge in [-0.15, -0.1) is 0 Å². The molecule has 0 aliphatic carbocycles. The van der Waals surface area contributed by atoms with Gasteiger partial charge in [0.15, 0.2) is 6.61 Å². The first-order chi connectivity index (χ1) is 14.5. The number of rotatable bonds is 8. The molecule has 1 amide bonds. The number of carbonyl (C=O) groups is 2. The van der Waals surface area contributed by atoms with Crippen LogP contribution < -0.4 is 20.4 Å². The van der Waals surface area contributed by atoms with Crippen LogP contribution in [0.25, 0.3) is 11.0 Å². The third kappa shape index (κ3) is 5.37. The molecule has 0 saturated carbocycles. The van der Waals surface area contributed by atoms with Crippen LogP contribution in [-0.2, 0) is 9.53 Å². The Morgan fingerprint density at radius 2 is 1.93 bits per heavy atom. The number of fused-ring (bicyclic) bond motifs is 1. The third-order valence-corrected chi connectivity index (χ3v) is 4.27. The number of methoxy groups -OCH3 is 1. The molecule has 0 bridgehead atoms. The number of benzene rings is 2. The predicted octanol–water partition coefficient (Wildman–Crippen LogP) is 2.81. The molecule has 3 rings (SSSR count). The van der Waals surface area contributed by atoms with Crippen molar-refractivity contribution >= 4 is 34.4 Å². The summed E-state index contributed by atoms with van der Waals surface area (Å²) in [5.41, 5.74) is -0.759. The largest absolute Gasteiger partial charge is 0.480 e. The fourth-order valence-corrected chi connectivity index (χ4v) is 2.72. The van der Waals surface area contributed by atoms with Crippen LogP contribution in [0.15, 0.2) is 57.7 Å². The van der Waals surface area contributed by atoms with Gasteiger partial charge in [0.2, 0.25) is 0 Å². The zero-order chi connectivity index (χ0) is 21.5. The lowest BCUT2D eigenvalue weighted by Gasteiger charge is -2.08. The highest BCUT2D eigenvalue weighted by atomic mass is 35.5. The second-order valence-electron chi connectivity index (χ2n) is 6.09. The highest BCUT2D eigenvalue weighted by Crippen LogP contribution is 2.24. The Bertz CT molecular complexity index is 1130. The molecule has 1 aromatic heterocycles. The zero-order valence-electron chi connectivity index (χ0n) is 16.0.